The summed E-state index contributed by atoms with van der Waals surface area (Å²) in [6.07, 6.45) is -48.6. The predicted octanol–water partition coefficient (Wildman–Crippen LogP) is 4.15. The van der Waals surface area contributed by atoms with Crippen molar-refractivity contribution in [2.75, 3.05) is 6.61 Å². The van der Waals surface area contributed by atoms with E-state index in [0.717, 1.165) is 0 Å². The average molecular weight is 448 g/mol. The molecule has 0 aliphatic heterocycles. The first-order chi connectivity index (χ1) is 11.4. The highest BCUT2D eigenvalue weighted by atomic mass is 19.4. The molecule has 0 aliphatic rings. The molecule has 0 rings (SSSR count). The molecule has 4 nitrogen and oxygen atoms in total. The number of ether oxygens (including phenoxy) is 3. The molecular formula is C8H3F15O4. The van der Waals surface area contributed by atoms with Crippen molar-refractivity contribution in [1.29, 1.82) is 0 Å². The summed E-state index contributed by atoms with van der Waals surface area (Å²) in [4.78, 5) is 0. The van der Waals surface area contributed by atoms with E-state index in [4.69, 9.17) is 5.11 Å². The molecule has 0 spiro atoms. The Bertz CT molecular complexity index is 512. The normalized spacial score (nSPS) is 16.0. The van der Waals surface area contributed by atoms with Crippen LogP contribution in [0.5, 0.6) is 0 Å². The smallest absolute Gasteiger partial charge is 0.387 e. The van der Waals surface area contributed by atoms with Crippen LogP contribution in [0.15, 0.2) is 0 Å². The Hall–Kier alpha value is -1.21. The molecule has 27 heavy (non-hydrogen) atoms. The monoisotopic (exact) mass is 448 g/mol. The van der Waals surface area contributed by atoms with E-state index in [1.54, 1.807) is 0 Å². The zero-order chi connectivity index (χ0) is 22.3. The molecule has 0 aliphatic carbocycles. The molecule has 0 atom stereocenters. The van der Waals surface area contributed by atoms with E-state index < -0.39 is 49.4 Å². The standard InChI is InChI=1S/C8H3F15O4/c9-2(10,1-24)25-5(16,17)6(18,19)27-8(22,23)7(20,21)26-4(14,15)3(11,12)13/h24H,1H2. The number of halogens is 15. The first-order valence-corrected chi connectivity index (χ1v) is 5.48. The van der Waals surface area contributed by atoms with Gasteiger partial charge in [0, 0.05) is 0 Å². The summed E-state index contributed by atoms with van der Waals surface area (Å²) in [5, 5.41) is 7.82. The molecule has 0 saturated carbocycles. The van der Waals surface area contributed by atoms with E-state index in [-0.39, 0.29) is 0 Å². The highest BCUT2D eigenvalue weighted by Crippen LogP contribution is 2.50. The molecule has 0 unspecified atom stereocenters. The Kier molecular flexibility index (Phi) is 6.68. The molecule has 0 amide bonds. The third-order valence-electron chi connectivity index (χ3n) is 1.98. The molecule has 0 radical (unpaired) electrons. The van der Waals surface area contributed by atoms with Gasteiger partial charge in [-0.15, -0.1) is 0 Å². The fraction of sp³-hybridized carbons (Fsp3) is 1.00. The summed E-state index contributed by atoms with van der Waals surface area (Å²) in [5.74, 6) is 0. The number of aliphatic hydroxyl groups excluding tert-OH is 1. The maximum Gasteiger partial charge on any atom is 0.483 e. The van der Waals surface area contributed by atoms with Gasteiger partial charge in [-0.1, -0.05) is 0 Å². The maximum absolute atomic E-state index is 12.8. The van der Waals surface area contributed by atoms with E-state index >= 15 is 0 Å². The molecule has 1 N–H and O–H groups in total. The molecule has 0 aromatic carbocycles. The average Bonchev–Trinajstić information content (AvgIpc) is 2.33. The first kappa shape index (κ1) is 25.8. The van der Waals surface area contributed by atoms with E-state index in [0.29, 0.717) is 0 Å². The van der Waals surface area contributed by atoms with Crippen LogP contribution in [0.25, 0.3) is 0 Å². The minimum atomic E-state index is -7.37. The minimum absolute atomic E-state index is 1.36. The van der Waals surface area contributed by atoms with Crippen molar-refractivity contribution in [1.82, 2.24) is 0 Å². The molecule has 164 valence electrons. The Morgan fingerprint density at radius 3 is 0.963 bits per heavy atom. The van der Waals surface area contributed by atoms with Crippen molar-refractivity contribution in [2.24, 2.45) is 0 Å². The molecule has 19 heteroatoms. The van der Waals surface area contributed by atoms with Crippen LogP contribution in [-0.2, 0) is 14.2 Å². The summed E-state index contributed by atoms with van der Waals surface area (Å²) in [7, 11) is 0. The van der Waals surface area contributed by atoms with Gasteiger partial charge in [-0.3, -0.25) is 0 Å². The van der Waals surface area contributed by atoms with Crippen LogP contribution in [0, 0.1) is 0 Å². The second-order valence-corrected chi connectivity index (χ2v) is 4.18. The fourth-order valence-corrected chi connectivity index (χ4v) is 0.837. The third kappa shape index (κ3) is 5.88. The number of aliphatic hydroxyl groups is 1. The van der Waals surface area contributed by atoms with Crippen molar-refractivity contribution < 1.29 is 85.2 Å². The van der Waals surface area contributed by atoms with E-state index in [1.807, 2.05) is 4.74 Å². The van der Waals surface area contributed by atoms with E-state index in [1.165, 1.54) is 9.47 Å². The molecule has 0 aromatic rings. The lowest BCUT2D eigenvalue weighted by molar-refractivity contribution is -0.567. The lowest BCUT2D eigenvalue weighted by Gasteiger charge is -2.34. The number of hydrogen-bond donors (Lipinski definition) is 1. The van der Waals surface area contributed by atoms with Gasteiger partial charge in [-0.05, 0) is 0 Å². The SMILES string of the molecule is OCC(F)(F)OC(F)(F)C(F)(F)OC(F)(F)C(F)(F)OC(F)(F)C(F)(F)F. The topological polar surface area (TPSA) is 47.9 Å². The van der Waals surface area contributed by atoms with Crippen LogP contribution in [0.2, 0.25) is 0 Å². The molecule has 0 aromatic heterocycles. The fourth-order valence-electron chi connectivity index (χ4n) is 0.837. The summed E-state index contributed by atoms with van der Waals surface area (Å²) in [5.41, 5.74) is 0. The molecular weight excluding hydrogens is 445 g/mol. The largest absolute Gasteiger partial charge is 0.483 e. The number of alkyl halides is 15. The number of hydrogen-bond acceptors (Lipinski definition) is 4. The Balaban J connectivity index is 5.64. The molecule has 0 bridgehead atoms. The Morgan fingerprint density at radius 2 is 0.704 bits per heavy atom. The van der Waals surface area contributed by atoms with Gasteiger partial charge in [0.2, 0.25) is 0 Å². The van der Waals surface area contributed by atoms with Crippen LogP contribution < -0.4 is 0 Å². The van der Waals surface area contributed by atoms with Crippen molar-refractivity contribution >= 4 is 0 Å². The summed E-state index contributed by atoms with van der Waals surface area (Å²) >= 11 is 0. The van der Waals surface area contributed by atoms with Crippen LogP contribution in [0.4, 0.5) is 65.9 Å². The zero-order valence-electron chi connectivity index (χ0n) is 11.5. The lowest BCUT2D eigenvalue weighted by atomic mass is 10.5. The summed E-state index contributed by atoms with van der Waals surface area (Å²) < 4.78 is 190. The van der Waals surface area contributed by atoms with Gasteiger partial charge in [0.15, 0.2) is 0 Å². The van der Waals surface area contributed by atoms with Crippen LogP contribution in [0.3, 0.4) is 0 Å². The van der Waals surface area contributed by atoms with Gasteiger partial charge >= 0.3 is 42.8 Å². The Morgan fingerprint density at radius 1 is 0.444 bits per heavy atom. The summed E-state index contributed by atoms with van der Waals surface area (Å²) in [6, 6.07) is 0. The van der Waals surface area contributed by atoms with Gasteiger partial charge in [0.1, 0.15) is 6.61 Å². The lowest BCUT2D eigenvalue weighted by Crippen LogP contribution is -2.58. The molecule has 0 heterocycles. The van der Waals surface area contributed by atoms with Crippen molar-refractivity contribution in [3.8, 4) is 0 Å². The van der Waals surface area contributed by atoms with E-state index in [9.17, 15) is 65.9 Å². The second-order valence-electron chi connectivity index (χ2n) is 4.18. The van der Waals surface area contributed by atoms with Gasteiger partial charge in [-0.2, -0.15) is 65.9 Å². The summed E-state index contributed by atoms with van der Waals surface area (Å²) in [6.45, 7) is -2.76. The second kappa shape index (κ2) is 6.99. The van der Waals surface area contributed by atoms with Crippen LogP contribution in [-0.4, -0.2) is 54.5 Å². The Labute approximate surface area is 136 Å². The molecule has 0 fully saturated rings. The predicted molar refractivity (Wildman–Crippen MR) is 46.1 cm³/mol. The number of rotatable bonds is 9. The van der Waals surface area contributed by atoms with Crippen LogP contribution >= 0.6 is 0 Å². The van der Waals surface area contributed by atoms with E-state index in [2.05, 4.69) is 0 Å². The maximum atomic E-state index is 12.8. The van der Waals surface area contributed by atoms with Gasteiger partial charge in [-0.25, -0.2) is 14.2 Å². The van der Waals surface area contributed by atoms with Crippen LogP contribution in [0.1, 0.15) is 0 Å². The zero-order valence-corrected chi connectivity index (χ0v) is 11.5. The highest BCUT2D eigenvalue weighted by Gasteiger charge is 2.76. The van der Waals surface area contributed by atoms with Gasteiger partial charge in [0.05, 0.1) is 0 Å². The van der Waals surface area contributed by atoms with Crippen molar-refractivity contribution in [3.63, 3.8) is 0 Å². The minimum Gasteiger partial charge on any atom is -0.387 e. The van der Waals surface area contributed by atoms with Gasteiger partial charge < -0.3 is 5.11 Å². The van der Waals surface area contributed by atoms with Gasteiger partial charge in [0.25, 0.3) is 0 Å². The quantitative estimate of drug-likeness (QED) is 0.539. The van der Waals surface area contributed by atoms with Crippen molar-refractivity contribution in [2.45, 2.75) is 42.8 Å². The third-order valence-corrected chi connectivity index (χ3v) is 1.98. The molecule has 0 saturated heterocycles. The van der Waals surface area contributed by atoms with Crippen molar-refractivity contribution in [3.05, 3.63) is 0 Å². The first-order valence-electron chi connectivity index (χ1n) is 5.48. The highest BCUT2D eigenvalue weighted by molar-refractivity contribution is 4.78.